The molecule has 1 aromatic heterocycles. The van der Waals surface area contributed by atoms with Crippen molar-refractivity contribution < 1.29 is 4.79 Å². The summed E-state index contributed by atoms with van der Waals surface area (Å²) in [6.07, 6.45) is 3.99. The molecule has 1 aromatic carbocycles. The maximum absolute atomic E-state index is 12.9. The van der Waals surface area contributed by atoms with Crippen LogP contribution in [0.3, 0.4) is 0 Å². The number of thioether (sulfide) groups is 1. The number of fused-ring (bicyclic) bond motifs is 1. The number of rotatable bonds is 5. The van der Waals surface area contributed by atoms with Gasteiger partial charge in [-0.2, -0.15) is 4.98 Å². The van der Waals surface area contributed by atoms with Crippen LogP contribution in [0.15, 0.2) is 40.2 Å². The summed E-state index contributed by atoms with van der Waals surface area (Å²) < 4.78 is 1.82. The molecule has 1 fully saturated rings. The second kappa shape index (κ2) is 9.00. The molecule has 7 nitrogen and oxygen atoms in total. The lowest BCUT2D eigenvalue weighted by Gasteiger charge is -2.37. The Bertz CT molecular complexity index is 923. The van der Waals surface area contributed by atoms with Gasteiger partial charge in [-0.1, -0.05) is 30.0 Å². The fraction of sp³-hybridized carbons (Fsp3) is 0.476. The third-order valence-electron chi connectivity index (χ3n) is 5.49. The van der Waals surface area contributed by atoms with Crippen molar-refractivity contribution in [3.05, 3.63) is 52.1 Å². The average molecular weight is 414 g/mol. The number of hydrogen-bond donors (Lipinski definition) is 1. The molecule has 8 heteroatoms. The summed E-state index contributed by atoms with van der Waals surface area (Å²) >= 11 is 1.37. The van der Waals surface area contributed by atoms with Gasteiger partial charge in [-0.15, -0.1) is 0 Å². The highest BCUT2D eigenvalue weighted by atomic mass is 32.2. The first-order valence-corrected chi connectivity index (χ1v) is 11.2. The van der Waals surface area contributed by atoms with Crippen molar-refractivity contribution in [1.82, 2.24) is 14.6 Å². The molecule has 154 valence electrons. The van der Waals surface area contributed by atoms with E-state index in [9.17, 15) is 9.59 Å². The molecule has 1 aliphatic heterocycles. The molecule has 2 heterocycles. The van der Waals surface area contributed by atoms with E-state index < -0.39 is 0 Å². The van der Waals surface area contributed by atoms with Crippen molar-refractivity contribution in [2.75, 3.05) is 49.3 Å². The summed E-state index contributed by atoms with van der Waals surface area (Å²) in [7, 11) is 2.11. The van der Waals surface area contributed by atoms with Crippen molar-refractivity contribution in [3.63, 3.8) is 0 Å². The molecule has 2 aliphatic rings. The number of amides is 1. The van der Waals surface area contributed by atoms with E-state index in [1.165, 1.54) is 11.8 Å². The highest BCUT2D eigenvalue weighted by molar-refractivity contribution is 8.00. The first-order chi connectivity index (χ1) is 14.1. The molecule has 4 rings (SSSR count). The number of hydrogen-bond acceptors (Lipinski definition) is 6. The SMILES string of the molecule is CN1CCN(n2c3c(c(SCC(=O)Nc4ccccc4)nc2=O)CCCC3)CC1. The minimum absolute atomic E-state index is 0.0872. The van der Waals surface area contributed by atoms with Crippen molar-refractivity contribution >= 4 is 23.4 Å². The Morgan fingerprint density at radius 3 is 2.59 bits per heavy atom. The maximum atomic E-state index is 12.9. The Balaban J connectivity index is 1.53. The fourth-order valence-electron chi connectivity index (χ4n) is 3.93. The lowest BCUT2D eigenvalue weighted by Crippen LogP contribution is -2.54. The first kappa shape index (κ1) is 20.0. The van der Waals surface area contributed by atoms with Crippen LogP contribution in [0.5, 0.6) is 0 Å². The number of nitrogens with zero attached hydrogens (tertiary/aromatic N) is 4. The Morgan fingerprint density at radius 2 is 1.83 bits per heavy atom. The second-order valence-corrected chi connectivity index (χ2v) is 8.57. The molecular formula is C21H27N5O2S. The van der Waals surface area contributed by atoms with Gasteiger partial charge in [0, 0.05) is 37.4 Å². The van der Waals surface area contributed by atoms with Gasteiger partial charge in [-0.05, 0) is 44.9 Å². The predicted octanol–water partition coefficient (Wildman–Crippen LogP) is 1.74. The van der Waals surface area contributed by atoms with Crippen LogP contribution in [-0.2, 0) is 17.6 Å². The van der Waals surface area contributed by atoms with Crippen LogP contribution < -0.4 is 16.0 Å². The number of piperazine rings is 1. The Morgan fingerprint density at radius 1 is 1.10 bits per heavy atom. The zero-order valence-electron chi connectivity index (χ0n) is 16.8. The van der Waals surface area contributed by atoms with Crippen LogP contribution in [0.1, 0.15) is 24.1 Å². The number of anilines is 1. The van der Waals surface area contributed by atoms with Gasteiger partial charge in [-0.3, -0.25) is 4.79 Å². The third-order valence-corrected chi connectivity index (χ3v) is 6.51. The van der Waals surface area contributed by atoms with E-state index in [0.29, 0.717) is 0 Å². The summed E-state index contributed by atoms with van der Waals surface area (Å²) in [6, 6.07) is 9.41. The fourth-order valence-corrected chi connectivity index (χ4v) is 4.81. The van der Waals surface area contributed by atoms with Crippen LogP contribution >= 0.6 is 11.8 Å². The molecule has 0 bridgehead atoms. The summed E-state index contributed by atoms with van der Waals surface area (Å²) in [5.41, 5.74) is 2.79. The van der Waals surface area contributed by atoms with Crippen LogP contribution in [0.2, 0.25) is 0 Å². The van der Waals surface area contributed by atoms with Crippen molar-refractivity contribution in [3.8, 4) is 0 Å². The van der Waals surface area contributed by atoms with Crippen LogP contribution in [0, 0.1) is 0 Å². The van der Waals surface area contributed by atoms with Gasteiger partial charge in [0.1, 0.15) is 5.03 Å². The largest absolute Gasteiger partial charge is 0.367 e. The molecule has 0 atom stereocenters. The smallest absolute Gasteiger partial charge is 0.325 e. The van der Waals surface area contributed by atoms with Gasteiger partial charge in [0.2, 0.25) is 5.91 Å². The summed E-state index contributed by atoms with van der Waals surface area (Å²) in [5.74, 6) is 0.155. The van der Waals surface area contributed by atoms with E-state index in [0.717, 1.165) is 73.8 Å². The zero-order chi connectivity index (χ0) is 20.2. The van der Waals surface area contributed by atoms with Crippen molar-refractivity contribution in [2.45, 2.75) is 30.7 Å². The number of para-hydroxylation sites is 1. The Labute approximate surface area is 175 Å². The molecule has 0 saturated carbocycles. The monoisotopic (exact) mass is 413 g/mol. The lowest BCUT2D eigenvalue weighted by atomic mass is 9.97. The number of carbonyl (C=O) groups excluding carboxylic acids is 1. The summed E-state index contributed by atoms with van der Waals surface area (Å²) in [4.78, 5) is 31.9. The Kier molecular flexibility index (Phi) is 6.20. The highest BCUT2D eigenvalue weighted by Crippen LogP contribution is 2.28. The topological polar surface area (TPSA) is 70.5 Å². The molecule has 1 amide bonds. The number of carbonyl (C=O) groups is 1. The van der Waals surface area contributed by atoms with Crippen LogP contribution in [0.25, 0.3) is 0 Å². The molecule has 29 heavy (non-hydrogen) atoms. The first-order valence-electron chi connectivity index (χ1n) is 10.2. The molecule has 1 saturated heterocycles. The van der Waals surface area contributed by atoms with E-state index in [4.69, 9.17) is 0 Å². The average Bonchev–Trinajstić information content (AvgIpc) is 2.74. The molecule has 0 unspecified atom stereocenters. The quantitative estimate of drug-likeness (QED) is 0.595. The lowest BCUT2D eigenvalue weighted by molar-refractivity contribution is -0.113. The summed E-state index contributed by atoms with van der Waals surface area (Å²) in [5, 5.41) is 5.75. The van der Waals surface area contributed by atoms with E-state index in [1.54, 1.807) is 0 Å². The van der Waals surface area contributed by atoms with Gasteiger partial charge in [-0.25, -0.2) is 9.47 Å². The molecule has 1 aliphatic carbocycles. The van der Waals surface area contributed by atoms with Gasteiger partial charge in [0.15, 0.2) is 0 Å². The standard InChI is InChI=1S/C21H27N5O2S/c1-24-11-13-25(14-12-24)26-18-10-6-5-9-17(18)20(23-21(26)28)29-15-19(27)22-16-7-3-2-4-8-16/h2-4,7-8H,5-6,9-15H2,1H3,(H,22,27). The minimum Gasteiger partial charge on any atom is -0.325 e. The van der Waals surface area contributed by atoms with E-state index in [-0.39, 0.29) is 17.3 Å². The second-order valence-electron chi connectivity index (χ2n) is 7.60. The minimum atomic E-state index is -0.221. The van der Waals surface area contributed by atoms with E-state index in [1.807, 2.05) is 35.0 Å². The molecule has 2 aromatic rings. The maximum Gasteiger partial charge on any atom is 0.367 e. The molecule has 0 radical (unpaired) electrons. The van der Waals surface area contributed by atoms with E-state index in [2.05, 4.69) is 27.3 Å². The number of benzene rings is 1. The van der Waals surface area contributed by atoms with Gasteiger partial charge in [0.05, 0.1) is 11.4 Å². The highest BCUT2D eigenvalue weighted by Gasteiger charge is 2.25. The normalized spacial score (nSPS) is 17.1. The number of aromatic nitrogens is 2. The number of nitrogens with one attached hydrogen (secondary N) is 1. The van der Waals surface area contributed by atoms with Gasteiger partial charge < -0.3 is 15.2 Å². The summed E-state index contributed by atoms with van der Waals surface area (Å²) in [6.45, 7) is 3.54. The third kappa shape index (κ3) is 4.64. The van der Waals surface area contributed by atoms with Crippen molar-refractivity contribution in [2.24, 2.45) is 0 Å². The number of likely N-dealkylation sites (N-methyl/N-ethyl adjacent to an activating group) is 1. The molecule has 0 spiro atoms. The van der Waals surface area contributed by atoms with E-state index >= 15 is 0 Å². The molecular weight excluding hydrogens is 386 g/mol. The van der Waals surface area contributed by atoms with Crippen LogP contribution in [0.4, 0.5) is 5.69 Å². The zero-order valence-corrected chi connectivity index (χ0v) is 17.6. The predicted molar refractivity (Wildman–Crippen MR) is 116 cm³/mol. The van der Waals surface area contributed by atoms with Crippen LogP contribution in [-0.4, -0.2) is 59.4 Å². The van der Waals surface area contributed by atoms with Gasteiger partial charge >= 0.3 is 5.69 Å². The van der Waals surface area contributed by atoms with Gasteiger partial charge in [0.25, 0.3) is 0 Å². The Hall–Kier alpha value is -2.32. The van der Waals surface area contributed by atoms with Crippen molar-refractivity contribution in [1.29, 1.82) is 0 Å². The molecule has 1 N–H and O–H groups in total.